The molecule has 0 radical (unpaired) electrons. The Morgan fingerprint density at radius 2 is 1.90 bits per heavy atom. The number of nitrogens with zero attached hydrogens (tertiary/aromatic N) is 1. The van der Waals surface area contributed by atoms with Gasteiger partial charge in [0.1, 0.15) is 5.75 Å². The summed E-state index contributed by atoms with van der Waals surface area (Å²) < 4.78 is 32.9. The highest BCUT2D eigenvalue weighted by Crippen LogP contribution is 2.28. The maximum atomic E-state index is 13.1. The van der Waals surface area contributed by atoms with Crippen LogP contribution in [0.3, 0.4) is 0 Å². The second kappa shape index (κ2) is 9.61. The summed E-state index contributed by atoms with van der Waals surface area (Å²) in [5.41, 5.74) is 0.873. The number of carbonyl (C=O) groups is 1. The van der Waals surface area contributed by atoms with Crippen LogP contribution in [0.2, 0.25) is 5.02 Å². The van der Waals surface area contributed by atoms with Crippen molar-refractivity contribution in [1.82, 2.24) is 9.62 Å². The summed E-state index contributed by atoms with van der Waals surface area (Å²) in [6.07, 6.45) is 2.47. The quantitative estimate of drug-likeness (QED) is 0.719. The first kappa shape index (κ1) is 21.6. The van der Waals surface area contributed by atoms with Gasteiger partial charge >= 0.3 is 0 Å². The fraction of sp³-hybridized carbons (Fsp3) is 0.381. The third-order valence-electron chi connectivity index (χ3n) is 5.08. The van der Waals surface area contributed by atoms with Crippen LogP contribution in [-0.2, 0) is 21.4 Å². The van der Waals surface area contributed by atoms with Gasteiger partial charge in [-0.05, 0) is 43.2 Å². The summed E-state index contributed by atoms with van der Waals surface area (Å²) in [4.78, 5) is 12.7. The number of para-hydroxylation sites is 1. The number of ether oxygens (including phenoxy) is 1. The molecule has 0 aromatic heterocycles. The second-order valence-corrected chi connectivity index (χ2v) is 9.34. The van der Waals surface area contributed by atoms with Crippen molar-refractivity contribution in [2.45, 2.75) is 43.2 Å². The molecule has 29 heavy (non-hydrogen) atoms. The molecule has 1 aliphatic heterocycles. The smallest absolute Gasteiger partial charge is 0.243 e. The van der Waals surface area contributed by atoms with E-state index in [0.29, 0.717) is 30.3 Å². The summed E-state index contributed by atoms with van der Waals surface area (Å²) in [5, 5.41) is 3.36. The van der Waals surface area contributed by atoms with Gasteiger partial charge in [-0.2, -0.15) is 4.31 Å². The molecule has 1 heterocycles. The number of sulfonamides is 1. The van der Waals surface area contributed by atoms with E-state index >= 15 is 0 Å². The molecular formula is C21H25ClN2O4S. The van der Waals surface area contributed by atoms with Crippen LogP contribution in [0.4, 0.5) is 0 Å². The molecule has 1 fully saturated rings. The van der Waals surface area contributed by atoms with Gasteiger partial charge in [0, 0.05) is 36.1 Å². The number of hydrogen-bond acceptors (Lipinski definition) is 4. The third-order valence-corrected chi connectivity index (χ3v) is 7.30. The first-order valence-electron chi connectivity index (χ1n) is 9.58. The molecule has 8 heteroatoms. The first-order valence-corrected chi connectivity index (χ1v) is 11.4. The monoisotopic (exact) mass is 436 g/mol. The topological polar surface area (TPSA) is 75.7 Å². The van der Waals surface area contributed by atoms with Crippen LogP contribution in [-0.4, -0.2) is 38.3 Å². The number of halogens is 1. The van der Waals surface area contributed by atoms with E-state index in [4.69, 9.17) is 16.3 Å². The third kappa shape index (κ3) is 5.29. The number of rotatable bonds is 7. The molecule has 156 valence electrons. The van der Waals surface area contributed by atoms with Crippen molar-refractivity contribution in [3.63, 3.8) is 0 Å². The molecule has 1 unspecified atom stereocenters. The van der Waals surface area contributed by atoms with E-state index < -0.39 is 10.0 Å². The Hall–Kier alpha value is -2.09. The Labute approximate surface area is 176 Å². The number of nitrogens with one attached hydrogen (secondary N) is 1. The molecule has 1 saturated heterocycles. The summed E-state index contributed by atoms with van der Waals surface area (Å²) in [6, 6.07) is 13.2. The van der Waals surface area contributed by atoms with E-state index in [1.165, 1.54) is 16.4 Å². The lowest BCUT2D eigenvalue weighted by Crippen LogP contribution is -2.45. The van der Waals surface area contributed by atoms with Gasteiger partial charge in [0.15, 0.2) is 0 Å². The Bertz CT molecular complexity index is 947. The Morgan fingerprint density at radius 3 is 2.62 bits per heavy atom. The molecule has 2 aromatic rings. The fourth-order valence-corrected chi connectivity index (χ4v) is 5.38. The van der Waals surface area contributed by atoms with Gasteiger partial charge in [0.05, 0.1) is 12.0 Å². The minimum atomic E-state index is -3.68. The van der Waals surface area contributed by atoms with Crippen LogP contribution in [0.5, 0.6) is 5.75 Å². The minimum absolute atomic E-state index is 0.127. The van der Waals surface area contributed by atoms with Gasteiger partial charge in [0.25, 0.3) is 0 Å². The zero-order chi connectivity index (χ0) is 20.9. The van der Waals surface area contributed by atoms with Gasteiger partial charge < -0.3 is 10.1 Å². The highest BCUT2D eigenvalue weighted by Gasteiger charge is 2.34. The zero-order valence-corrected chi connectivity index (χ0v) is 17.9. The lowest BCUT2D eigenvalue weighted by Gasteiger charge is -2.34. The lowest BCUT2D eigenvalue weighted by atomic mass is 10.0. The Balaban J connectivity index is 1.68. The SMILES string of the molecule is COc1ccccc1CNC(=O)CC1CCCCN1S(=O)(=O)c1ccc(Cl)cc1. The van der Waals surface area contributed by atoms with Crippen molar-refractivity contribution in [3.8, 4) is 5.75 Å². The highest BCUT2D eigenvalue weighted by molar-refractivity contribution is 7.89. The first-order chi connectivity index (χ1) is 13.9. The molecule has 2 aromatic carbocycles. The van der Waals surface area contributed by atoms with Crippen LogP contribution in [0, 0.1) is 0 Å². The second-order valence-electron chi connectivity index (χ2n) is 7.01. The van der Waals surface area contributed by atoms with Crippen LogP contribution >= 0.6 is 11.6 Å². The van der Waals surface area contributed by atoms with Gasteiger partial charge in [-0.1, -0.05) is 36.2 Å². The normalized spacial score (nSPS) is 17.7. The molecule has 6 nitrogen and oxygen atoms in total. The van der Waals surface area contributed by atoms with Gasteiger partial charge in [-0.3, -0.25) is 4.79 Å². The van der Waals surface area contributed by atoms with E-state index in [2.05, 4.69) is 5.32 Å². The van der Waals surface area contributed by atoms with Crippen LogP contribution in [0.1, 0.15) is 31.2 Å². The predicted molar refractivity (Wildman–Crippen MR) is 112 cm³/mol. The predicted octanol–water partition coefficient (Wildman–Crippen LogP) is 3.60. The van der Waals surface area contributed by atoms with Crippen molar-refractivity contribution >= 4 is 27.5 Å². The summed E-state index contributed by atoms with van der Waals surface area (Å²) in [6.45, 7) is 0.745. The van der Waals surface area contributed by atoms with Crippen molar-refractivity contribution in [3.05, 3.63) is 59.1 Å². The average Bonchev–Trinajstić information content (AvgIpc) is 2.73. The van der Waals surface area contributed by atoms with E-state index in [1.807, 2.05) is 24.3 Å². The molecule has 0 spiro atoms. The largest absolute Gasteiger partial charge is 0.496 e. The van der Waals surface area contributed by atoms with E-state index in [9.17, 15) is 13.2 Å². The van der Waals surface area contributed by atoms with E-state index in [1.54, 1.807) is 19.2 Å². The molecule has 1 N–H and O–H groups in total. The van der Waals surface area contributed by atoms with E-state index in [0.717, 1.165) is 18.4 Å². The van der Waals surface area contributed by atoms with Crippen LogP contribution < -0.4 is 10.1 Å². The summed E-state index contributed by atoms with van der Waals surface area (Å²) >= 11 is 5.88. The molecule has 1 atom stereocenters. The maximum absolute atomic E-state index is 13.1. The highest BCUT2D eigenvalue weighted by atomic mass is 35.5. The lowest BCUT2D eigenvalue weighted by molar-refractivity contribution is -0.122. The Morgan fingerprint density at radius 1 is 1.17 bits per heavy atom. The van der Waals surface area contributed by atoms with Crippen LogP contribution in [0.15, 0.2) is 53.4 Å². The summed E-state index contributed by atoms with van der Waals surface area (Å²) in [7, 11) is -2.09. The van der Waals surface area contributed by atoms with E-state index in [-0.39, 0.29) is 23.3 Å². The van der Waals surface area contributed by atoms with Crippen molar-refractivity contribution in [1.29, 1.82) is 0 Å². The minimum Gasteiger partial charge on any atom is -0.496 e. The maximum Gasteiger partial charge on any atom is 0.243 e. The molecule has 0 saturated carbocycles. The van der Waals surface area contributed by atoms with Crippen molar-refractivity contribution in [2.75, 3.05) is 13.7 Å². The average molecular weight is 437 g/mol. The van der Waals surface area contributed by atoms with Crippen molar-refractivity contribution in [2.24, 2.45) is 0 Å². The molecular weight excluding hydrogens is 412 g/mol. The zero-order valence-electron chi connectivity index (χ0n) is 16.3. The molecule has 1 amide bonds. The number of piperidine rings is 1. The number of hydrogen-bond donors (Lipinski definition) is 1. The number of methoxy groups -OCH3 is 1. The molecule has 0 aliphatic carbocycles. The van der Waals surface area contributed by atoms with Crippen LogP contribution in [0.25, 0.3) is 0 Å². The summed E-state index contributed by atoms with van der Waals surface area (Å²) in [5.74, 6) is 0.525. The number of benzene rings is 2. The van der Waals surface area contributed by atoms with Gasteiger partial charge in [-0.25, -0.2) is 8.42 Å². The molecule has 0 bridgehead atoms. The van der Waals surface area contributed by atoms with Crippen molar-refractivity contribution < 1.29 is 17.9 Å². The fourth-order valence-electron chi connectivity index (χ4n) is 3.57. The number of carbonyl (C=O) groups excluding carboxylic acids is 1. The van der Waals surface area contributed by atoms with Gasteiger partial charge in [-0.15, -0.1) is 0 Å². The molecule has 1 aliphatic rings. The number of amides is 1. The molecule has 3 rings (SSSR count). The Kier molecular flexibility index (Phi) is 7.16. The van der Waals surface area contributed by atoms with Gasteiger partial charge in [0.2, 0.25) is 15.9 Å². The standard InChI is InChI=1S/C21H25ClN2O4S/c1-28-20-8-3-2-6-16(20)15-23-21(25)14-18-7-4-5-13-24(18)29(26,27)19-11-9-17(22)10-12-19/h2-3,6,8-12,18H,4-5,7,13-15H2,1H3,(H,23,25).